The summed E-state index contributed by atoms with van der Waals surface area (Å²) in [5, 5.41) is 22.9. The molecule has 0 fully saturated rings. The first kappa shape index (κ1) is 22.0. The number of nitrogens with zero attached hydrogens (tertiary/aromatic N) is 2. The van der Waals surface area contributed by atoms with Gasteiger partial charge in [0.15, 0.2) is 0 Å². The minimum Gasteiger partial charge on any atom is -0.479 e. The number of carbonyl (C=O) groups is 1. The molecular weight excluding hydrogens is 421 g/mol. The molecule has 0 radical (unpaired) electrons. The average molecular weight is 433 g/mol. The van der Waals surface area contributed by atoms with E-state index in [1.165, 1.54) is 19.1 Å². The van der Waals surface area contributed by atoms with Crippen molar-refractivity contribution in [3.8, 4) is 11.5 Å². The molecule has 0 aliphatic heterocycles. The second-order valence-corrected chi connectivity index (χ2v) is 5.93. The number of aliphatic carboxylic acids is 1. The second-order valence-electron chi connectivity index (χ2n) is 5.52. The van der Waals surface area contributed by atoms with Gasteiger partial charge in [-0.1, -0.05) is 16.8 Å². The summed E-state index contributed by atoms with van der Waals surface area (Å²) in [6.45, 7) is 0.599. The summed E-state index contributed by atoms with van der Waals surface area (Å²) >= 11 is 5.84. The highest BCUT2D eigenvalue weighted by Crippen LogP contribution is 2.37. The van der Waals surface area contributed by atoms with Gasteiger partial charge in [0.25, 0.3) is 5.69 Å². The fraction of sp³-hybridized carbons (Fsp3) is 0.176. The van der Waals surface area contributed by atoms with E-state index in [9.17, 15) is 28.1 Å². The highest BCUT2D eigenvalue weighted by molar-refractivity contribution is 6.32. The monoisotopic (exact) mass is 432 g/mol. The fourth-order valence-electron chi connectivity index (χ4n) is 2.15. The van der Waals surface area contributed by atoms with E-state index in [-0.39, 0.29) is 33.5 Å². The van der Waals surface area contributed by atoms with Crippen molar-refractivity contribution in [2.24, 2.45) is 5.16 Å². The van der Waals surface area contributed by atoms with Crippen LogP contribution in [0.15, 0.2) is 41.6 Å². The smallest absolute Gasteiger partial charge is 0.416 e. The van der Waals surface area contributed by atoms with Gasteiger partial charge in [-0.25, -0.2) is 4.79 Å². The van der Waals surface area contributed by atoms with Crippen molar-refractivity contribution >= 4 is 29.0 Å². The lowest BCUT2D eigenvalue weighted by Gasteiger charge is -2.12. The largest absolute Gasteiger partial charge is 0.479 e. The molecule has 29 heavy (non-hydrogen) atoms. The maximum atomic E-state index is 12.7. The van der Waals surface area contributed by atoms with E-state index >= 15 is 0 Å². The molecule has 0 saturated heterocycles. The van der Waals surface area contributed by atoms with E-state index in [0.717, 1.165) is 18.2 Å². The van der Waals surface area contributed by atoms with Crippen molar-refractivity contribution in [3.05, 3.63) is 62.7 Å². The van der Waals surface area contributed by atoms with Crippen LogP contribution in [0.1, 0.15) is 18.1 Å². The van der Waals surface area contributed by atoms with Gasteiger partial charge >= 0.3 is 12.1 Å². The molecule has 0 saturated carbocycles. The molecule has 2 rings (SSSR count). The molecule has 2 aromatic carbocycles. The third kappa shape index (κ3) is 5.82. The molecule has 0 aliphatic rings. The van der Waals surface area contributed by atoms with Crippen LogP contribution in [0.3, 0.4) is 0 Å². The SMILES string of the molecule is C/C(=N\OCC(=O)O)c1cc(Oc2ccc(C(F)(F)F)cc2Cl)ccc1[N+](=O)[O-]. The van der Waals surface area contributed by atoms with Crippen LogP contribution < -0.4 is 4.74 Å². The van der Waals surface area contributed by atoms with E-state index < -0.39 is 29.2 Å². The molecule has 8 nitrogen and oxygen atoms in total. The number of hydrogen-bond donors (Lipinski definition) is 1. The summed E-state index contributed by atoms with van der Waals surface area (Å²) in [7, 11) is 0. The van der Waals surface area contributed by atoms with Crippen LogP contribution in [0.5, 0.6) is 11.5 Å². The molecule has 1 N–H and O–H groups in total. The zero-order valence-corrected chi connectivity index (χ0v) is 15.3. The lowest BCUT2D eigenvalue weighted by atomic mass is 10.1. The van der Waals surface area contributed by atoms with Crippen LogP contribution >= 0.6 is 11.6 Å². The lowest BCUT2D eigenvalue weighted by molar-refractivity contribution is -0.385. The van der Waals surface area contributed by atoms with Gasteiger partial charge in [0.05, 0.1) is 26.8 Å². The Morgan fingerprint density at radius 1 is 1.28 bits per heavy atom. The Balaban J connectivity index is 2.35. The normalized spacial score (nSPS) is 11.8. The number of hydrogen-bond acceptors (Lipinski definition) is 6. The number of benzene rings is 2. The number of halogens is 4. The van der Waals surface area contributed by atoms with Crippen LogP contribution in [0.2, 0.25) is 5.02 Å². The molecule has 0 unspecified atom stereocenters. The molecule has 0 aliphatic carbocycles. The number of nitro benzene ring substituents is 1. The first-order valence-corrected chi connectivity index (χ1v) is 8.08. The van der Waals surface area contributed by atoms with Crippen molar-refractivity contribution in [2.75, 3.05) is 6.61 Å². The molecule has 12 heteroatoms. The number of nitro groups is 1. The van der Waals surface area contributed by atoms with E-state index in [4.69, 9.17) is 21.4 Å². The Kier molecular flexibility index (Phi) is 6.64. The molecule has 0 amide bonds. The molecule has 0 aromatic heterocycles. The van der Waals surface area contributed by atoms with Gasteiger partial charge in [-0.2, -0.15) is 13.2 Å². The number of rotatable bonds is 7. The standard InChI is InChI=1S/C17H12ClF3N2O6/c1-9(22-28-8-16(24)25)12-7-11(3-4-14(12)23(26)27)29-15-5-2-10(6-13(15)18)17(19,20)21/h2-7H,8H2,1H3,(H,24,25)/b22-9+. The Morgan fingerprint density at radius 2 is 1.97 bits per heavy atom. The number of carboxylic acids is 1. The number of ether oxygens (including phenoxy) is 1. The van der Waals surface area contributed by atoms with Crippen LogP contribution in [0.25, 0.3) is 0 Å². The van der Waals surface area contributed by atoms with Gasteiger partial charge in [0.2, 0.25) is 6.61 Å². The van der Waals surface area contributed by atoms with Gasteiger partial charge in [-0.05, 0) is 37.3 Å². The van der Waals surface area contributed by atoms with Gasteiger partial charge in [0.1, 0.15) is 11.5 Å². The van der Waals surface area contributed by atoms with E-state index in [1.54, 1.807) is 0 Å². The maximum Gasteiger partial charge on any atom is 0.416 e. The first-order chi connectivity index (χ1) is 13.5. The molecule has 154 valence electrons. The summed E-state index contributed by atoms with van der Waals surface area (Å²) in [5.41, 5.74) is -1.38. The predicted octanol–water partition coefficient (Wildman–Crippen LogP) is 4.88. The number of carboxylic acid groups (broad SMARTS) is 1. The van der Waals surface area contributed by atoms with Crippen LogP contribution in [0.4, 0.5) is 18.9 Å². The first-order valence-electron chi connectivity index (χ1n) is 7.71. The van der Waals surface area contributed by atoms with Gasteiger partial charge in [-0.15, -0.1) is 0 Å². The Labute approximate surface area is 166 Å². The summed E-state index contributed by atoms with van der Waals surface area (Å²) in [6, 6.07) is 6.01. The van der Waals surface area contributed by atoms with Crippen molar-refractivity contribution in [1.29, 1.82) is 0 Å². The molecule has 0 bridgehead atoms. The van der Waals surface area contributed by atoms with Gasteiger partial charge in [0, 0.05) is 6.07 Å². The maximum absolute atomic E-state index is 12.7. The highest BCUT2D eigenvalue weighted by atomic mass is 35.5. The molecule has 0 spiro atoms. The molecule has 2 aromatic rings. The summed E-state index contributed by atoms with van der Waals surface area (Å²) in [6.07, 6.45) is -4.58. The van der Waals surface area contributed by atoms with Crippen molar-refractivity contribution < 1.29 is 37.6 Å². The Hall–Kier alpha value is -3.34. The fourth-order valence-corrected chi connectivity index (χ4v) is 2.37. The minimum absolute atomic E-state index is 0.0121. The topological polar surface area (TPSA) is 111 Å². The summed E-state index contributed by atoms with van der Waals surface area (Å²) < 4.78 is 43.6. The lowest BCUT2D eigenvalue weighted by Crippen LogP contribution is -2.07. The minimum atomic E-state index is -4.58. The zero-order valence-electron chi connectivity index (χ0n) is 14.6. The van der Waals surface area contributed by atoms with Crippen LogP contribution in [-0.2, 0) is 15.8 Å². The molecule has 0 heterocycles. The zero-order chi connectivity index (χ0) is 21.8. The van der Waals surface area contributed by atoms with Crippen molar-refractivity contribution in [1.82, 2.24) is 0 Å². The van der Waals surface area contributed by atoms with Gasteiger partial charge in [-0.3, -0.25) is 10.1 Å². The van der Waals surface area contributed by atoms with E-state index in [2.05, 4.69) is 9.99 Å². The van der Waals surface area contributed by atoms with Crippen LogP contribution in [-0.4, -0.2) is 28.3 Å². The van der Waals surface area contributed by atoms with Crippen molar-refractivity contribution in [3.63, 3.8) is 0 Å². The second kappa shape index (κ2) is 8.78. The third-order valence-corrected chi connectivity index (χ3v) is 3.73. The van der Waals surface area contributed by atoms with E-state index in [1.807, 2.05) is 0 Å². The Morgan fingerprint density at radius 3 is 2.52 bits per heavy atom. The third-order valence-electron chi connectivity index (χ3n) is 3.43. The predicted molar refractivity (Wildman–Crippen MR) is 95.4 cm³/mol. The number of oxime groups is 1. The van der Waals surface area contributed by atoms with Gasteiger partial charge < -0.3 is 14.7 Å². The highest BCUT2D eigenvalue weighted by Gasteiger charge is 2.31. The molecular formula is C17H12ClF3N2O6. The summed E-state index contributed by atoms with van der Waals surface area (Å²) in [4.78, 5) is 25.5. The number of alkyl halides is 3. The average Bonchev–Trinajstić information content (AvgIpc) is 2.61. The quantitative estimate of drug-likeness (QED) is 0.379. The Bertz CT molecular complexity index is 978. The van der Waals surface area contributed by atoms with Crippen molar-refractivity contribution in [2.45, 2.75) is 13.1 Å². The van der Waals surface area contributed by atoms with E-state index in [0.29, 0.717) is 6.07 Å². The van der Waals surface area contributed by atoms with Crippen LogP contribution in [0, 0.1) is 10.1 Å². The summed E-state index contributed by atoms with van der Waals surface area (Å²) in [5.74, 6) is -1.36. The molecule has 0 atom stereocenters.